The molecule has 0 aromatic heterocycles. The summed E-state index contributed by atoms with van der Waals surface area (Å²) < 4.78 is 0. The minimum atomic E-state index is -0.678. The first-order chi connectivity index (χ1) is 17.5. The highest BCUT2D eigenvalue weighted by atomic mass is 35.5. The molecular formula is C29H29ClN2O4. The summed E-state index contributed by atoms with van der Waals surface area (Å²) in [6.07, 6.45) is 2.25. The molecule has 7 heteroatoms. The Balaban J connectivity index is 1.52. The van der Waals surface area contributed by atoms with Gasteiger partial charge in [0.1, 0.15) is 0 Å². The van der Waals surface area contributed by atoms with Crippen LogP contribution in [0.1, 0.15) is 64.7 Å². The van der Waals surface area contributed by atoms with Gasteiger partial charge in [-0.1, -0.05) is 72.3 Å². The lowest BCUT2D eigenvalue weighted by atomic mass is 9.77. The Kier molecular flexibility index (Phi) is 7.37. The molecule has 186 valence electrons. The number of halogens is 1. The lowest BCUT2D eigenvalue weighted by Crippen LogP contribution is -2.52. The van der Waals surface area contributed by atoms with Gasteiger partial charge in [0.15, 0.2) is 0 Å². The van der Waals surface area contributed by atoms with E-state index in [9.17, 15) is 14.7 Å². The van der Waals surface area contributed by atoms with E-state index in [1.165, 1.54) is 0 Å². The van der Waals surface area contributed by atoms with E-state index in [1.54, 1.807) is 18.2 Å². The number of hydrogen-bond acceptors (Lipinski definition) is 4. The Morgan fingerprint density at radius 2 is 1.61 bits per heavy atom. The molecular weight excluding hydrogens is 476 g/mol. The lowest BCUT2D eigenvalue weighted by molar-refractivity contribution is -0.138. The summed E-state index contributed by atoms with van der Waals surface area (Å²) in [5.74, 6) is -1.09. The van der Waals surface area contributed by atoms with Gasteiger partial charge in [-0.25, -0.2) is 5.48 Å². The van der Waals surface area contributed by atoms with Gasteiger partial charge in [-0.15, -0.1) is 0 Å². The Labute approximate surface area is 215 Å². The monoisotopic (exact) mass is 504 g/mol. The number of aliphatic hydroxyl groups is 1. The van der Waals surface area contributed by atoms with Crippen LogP contribution in [-0.4, -0.2) is 34.0 Å². The van der Waals surface area contributed by atoms with Gasteiger partial charge >= 0.3 is 0 Å². The molecule has 2 atom stereocenters. The lowest BCUT2D eigenvalue weighted by Gasteiger charge is -2.47. The zero-order valence-corrected chi connectivity index (χ0v) is 20.6. The fourth-order valence-corrected chi connectivity index (χ4v) is 5.54. The fraction of sp³-hybridized carbons (Fsp3) is 0.310. The SMILES string of the molecule is O=C(NOCc1ccccc1)[C@@H]1c2ccccc2C(=O)N([C@H]2CC[C@H](O)CC2)[C@H]1c1ccc(Cl)cc1. The van der Waals surface area contributed by atoms with Gasteiger partial charge in [0, 0.05) is 16.6 Å². The number of hydroxylamine groups is 1. The number of benzene rings is 3. The summed E-state index contributed by atoms with van der Waals surface area (Å²) in [6, 6.07) is 23.6. The average Bonchev–Trinajstić information content (AvgIpc) is 2.90. The first-order valence-corrected chi connectivity index (χ1v) is 12.7. The first kappa shape index (κ1) is 24.5. The number of nitrogens with zero attached hydrogens (tertiary/aromatic N) is 1. The fourth-order valence-electron chi connectivity index (χ4n) is 5.41. The highest BCUT2D eigenvalue weighted by Crippen LogP contribution is 2.46. The molecule has 5 rings (SSSR count). The standard InChI is InChI=1S/C29H29ClN2O4/c30-21-12-10-20(11-13-21)27-26(28(34)31-36-18-19-6-2-1-3-7-19)24-8-4-5-9-25(24)29(35)32(27)22-14-16-23(33)17-15-22/h1-13,22-23,26-27,33H,14-18H2,(H,31,34)/t22-,23-,26-,27+/m1/s1. The van der Waals surface area contributed by atoms with Crippen molar-refractivity contribution in [3.05, 3.63) is 106 Å². The number of amides is 2. The van der Waals surface area contributed by atoms with Crippen molar-refractivity contribution in [2.45, 2.75) is 56.4 Å². The number of carbonyl (C=O) groups is 2. The van der Waals surface area contributed by atoms with E-state index < -0.39 is 12.0 Å². The zero-order chi connectivity index (χ0) is 25.1. The third kappa shape index (κ3) is 5.03. The highest BCUT2D eigenvalue weighted by Gasteiger charge is 2.47. The van der Waals surface area contributed by atoms with Crippen LogP contribution in [0.15, 0.2) is 78.9 Å². The summed E-state index contributed by atoms with van der Waals surface area (Å²) in [6.45, 7) is 0.232. The minimum absolute atomic E-state index is 0.0875. The number of nitrogens with one attached hydrogen (secondary N) is 1. The molecule has 2 aliphatic rings. The molecule has 36 heavy (non-hydrogen) atoms. The molecule has 0 spiro atoms. The van der Waals surface area contributed by atoms with Crippen molar-refractivity contribution < 1.29 is 19.5 Å². The van der Waals surface area contributed by atoms with E-state index in [1.807, 2.05) is 65.6 Å². The van der Waals surface area contributed by atoms with Crippen molar-refractivity contribution in [3.8, 4) is 0 Å². The van der Waals surface area contributed by atoms with Gasteiger partial charge in [0.25, 0.3) is 11.8 Å². The zero-order valence-electron chi connectivity index (χ0n) is 19.8. The number of hydrogen-bond donors (Lipinski definition) is 2. The molecule has 2 N–H and O–H groups in total. The molecule has 2 amide bonds. The molecule has 1 fully saturated rings. The van der Waals surface area contributed by atoms with E-state index in [-0.39, 0.29) is 30.6 Å². The second kappa shape index (κ2) is 10.8. The molecule has 1 heterocycles. The van der Waals surface area contributed by atoms with Crippen molar-refractivity contribution in [3.63, 3.8) is 0 Å². The van der Waals surface area contributed by atoms with Gasteiger partial charge in [0.2, 0.25) is 0 Å². The maximum Gasteiger partial charge on any atom is 0.254 e. The maximum absolute atomic E-state index is 13.9. The average molecular weight is 505 g/mol. The number of aliphatic hydroxyl groups excluding tert-OH is 1. The van der Waals surface area contributed by atoms with Crippen LogP contribution in [0, 0.1) is 0 Å². The van der Waals surface area contributed by atoms with Crippen LogP contribution in [0.5, 0.6) is 0 Å². The highest BCUT2D eigenvalue weighted by molar-refractivity contribution is 6.30. The van der Waals surface area contributed by atoms with Crippen LogP contribution in [0.3, 0.4) is 0 Å². The second-order valence-corrected chi connectivity index (χ2v) is 9.91. The third-order valence-corrected chi connectivity index (χ3v) is 7.44. The Morgan fingerprint density at radius 1 is 0.944 bits per heavy atom. The largest absolute Gasteiger partial charge is 0.393 e. The Bertz CT molecular complexity index is 1210. The number of carbonyl (C=O) groups excluding carboxylic acids is 2. The normalized spacial score (nSPS) is 23.7. The predicted molar refractivity (Wildman–Crippen MR) is 137 cm³/mol. The van der Waals surface area contributed by atoms with Crippen LogP contribution in [0.4, 0.5) is 0 Å². The molecule has 3 aromatic carbocycles. The molecule has 6 nitrogen and oxygen atoms in total. The second-order valence-electron chi connectivity index (χ2n) is 9.48. The summed E-state index contributed by atoms with van der Waals surface area (Å²) in [5.41, 5.74) is 5.63. The van der Waals surface area contributed by atoms with Crippen molar-refractivity contribution in [1.82, 2.24) is 10.4 Å². The number of fused-ring (bicyclic) bond motifs is 1. The molecule has 1 saturated carbocycles. The maximum atomic E-state index is 13.9. The topological polar surface area (TPSA) is 78.9 Å². The van der Waals surface area contributed by atoms with Crippen molar-refractivity contribution in [2.24, 2.45) is 0 Å². The van der Waals surface area contributed by atoms with Gasteiger partial charge in [0.05, 0.1) is 24.7 Å². The third-order valence-electron chi connectivity index (χ3n) is 7.18. The number of rotatable bonds is 6. The van der Waals surface area contributed by atoms with Crippen molar-refractivity contribution in [1.29, 1.82) is 0 Å². The van der Waals surface area contributed by atoms with E-state index in [4.69, 9.17) is 16.4 Å². The molecule has 1 aliphatic heterocycles. The van der Waals surface area contributed by atoms with Crippen LogP contribution < -0.4 is 5.48 Å². The summed E-state index contributed by atoms with van der Waals surface area (Å²) in [4.78, 5) is 35.1. The Hall–Kier alpha value is -3.19. The van der Waals surface area contributed by atoms with E-state index in [0.29, 0.717) is 41.8 Å². The van der Waals surface area contributed by atoms with Crippen molar-refractivity contribution >= 4 is 23.4 Å². The predicted octanol–water partition coefficient (Wildman–Crippen LogP) is 5.17. The first-order valence-electron chi connectivity index (χ1n) is 12.3. The molecule has 0 unspecified atom stereocenters. The van der Waals surface area contributed by atoms with Gasteiger partial charge in [-0.2, -0.15) is 0 Å². The molecule has 3 aromatic rings. The van der Waals surface area contributed by atoms with E-state index in [0.717, 1.165) is 11.1 Å². The van der Waals surface area contributed by atoms with Crippen LogP contribution in [0.2, 0.25) is 5.02 Å². The van der Waals surface area contributed by atoms with E-state index >= 15 is 0 Å². The van der Waals surface area contributed by atoms with Crippen molar-refractivity contribution in [2.75, 3.05) is 0 Å². The van der Waals surface area contributed by atoms with Crippen LogP contribution >= 0.6 is 11.6 Å². The Morgan fingerprint density at radius 3 is 2.33 bits per heavy atom. The molecule has 1 aliphatic carbocycles. The van der Waals surface area contributed by atoms with Crippen LogP contribution in [0.25, 0.3) is 0 Å². The van der Waals surface area contributed by atoms with Crippen LogP contribution in [-0.2, 0) is 16.2 Å². The van der Waals surface area contributed by atoms with E-state index in [2.05, 4.69) is 5.48 Å². The summed E-state index contributed by atoms with van der Waals surface area (Å²) >= 11 is 6.18. The minimum Gasteiger partial charge on any atom is -0.393 e. The molecule has 0 saturated heterocycles. The molecule has 0 radical (unpaired) electrons. The van der Waals surface area contributed by atoms with Gasteiger partial charge in [-0.05, 0) is 60.6 Å². The summed E-state index contributed by atoms with van der Waals surface area (Å²) in [5, 5.41) is 10.7. The van der Waals surface area contributed by atoms with Gasteiger partial charge in [-0.3, -0.25) is 14.4 Å². The molecule has 0 bridgehead atoms. The quantitative estimate of drug-likeness (QED) is 0.454. The smallest absolute Gasteiger partial charge is 0.254 e. The van der Waals surface area contributed by atoms with Gasteiger partial charge < -0.3 is 10.0 Å². The summed E-state index contributed by atoms with van der Waals surface area (Å²) in [7, 11) is 0.